The quantitative estimate of drug-likeness (QED) is 0.646. The van der Waals surface area contributed by atoms with E-state index in [4.69, 9.17) is 9.26 Å². The maximum absolute atomic E-state index is 12.8. The van der Waals surface area contributed by atoms with Gasteiger partial charge in [0, 0.05) is 12.1 Å². The van der Waals surface area contributed by atoms with E-state index >= 15 is 0 Å². The summed E-state index contributed by atoms with van der Waals surface area (Å²) in [6.45, 7) is 8.82. The molecular weight excluding hydrogens is 364 g/mol. The van der Waals surface area contributed by atoms with Crippen molar-refractivity contribution in [1.29, 1.82) is 0 Å². The molecule has 29 heavy (non-hydrogen) atoms. The van der Waals surface area contributed by atoms with Crippen molar-refractivity contribution in [2.24, 2.45) is 0 Å². The minimum Gasteiger partial charge on any atom is -0.497 e. The Labute approximate surface area is 172 Å². The Morgan fingerprint density at radius 3 is 2.31 bits per heavy atom. The van der Waals surface area contributed by atoms with E-state index in [1.165, 1.54) is 5.56 Å². The van der Waals surface area contributed by atoms with Crippen LogP contribution in [0, 0.1) is 6.92 Å². The molecule has 0 radical (unpaired) electrons. The molecule has 0 aliphatic carbocycles. The van der Waals surface area contributed by atoms with Gasteiger partial charge in [0.05, 0.1) is 12.8 Å². The molecule has 0 spiro atoms. The number of rotatable bonds is 6. The molecule has 0 aliphatic heterocycles. The van der Waals surface area contributed by atoms with Gasteiger partial charge in [-0.25, -0.2) is 0 Å². The van der Waals surface area contributed by atoms with Crippen molar-refractivity contribution >= 4 is 5.91 Å². The monoisotopic (exact) mass is 392 g/mol. The van der Waals surface area contributed by atoms with Crippen LogP contribution >= 0.6 is 0 Å². The number of aryl methyl sites for hydroxylation is 1. The van der Waals surface area contributed by atoms with E-state index in [-0.39, 0.29) is 11.3 Å². The van der Waals surface area contributed by atoms with Gasteiger partial charge in [-0.1, -0.05) is 62.3 Å². The largest absolute Gasteiger partial charge is 0.497 e. The smallest absolute Gasteiger partial charge is 0.257 e. The molecule has 1 aromatic heterocycles. The second-order valence-corrected chi connectivity index (χ2v) is 8.15. The van der Waals surface area contributed by atoms with Gasteiger partial charge >= 0.3 is 0 Å². The molecule has 0 aliphatic rings. The first-order valence-corrected chi connectivity index (χ1v) is 9.78. The SMILES string of the molecule is COc1ccc(CCNC(=O)c2c(C)noc2-c2ccc(C(C)(C)C)cc2)cc1. The van der Waals surface area contributed by atoms with Crippen LogP contribution in [-0.4, -0.2) is 24.7 Å². The number of carbonyl (C=O) groups is 1. The fourth-order valence-electron chi connectivity index (χ4n) is 3.16. The summed E-state index contributed by atoms with van der Waals surface area (Å²) < 4.78 is 10.7. The molecule has 0 unspecified atom stereocenters. The first kappa shape index (κ1) is 20.6. The summed E-state index contributed by atoms with van der Waals surface area (Å²) >= 11 is 0. The molecule has 1 N–H and O–H groups in total. The molecule has 3 aromatic rings. The molecule has 5 heteroatoms. The number of benzene rings is 2. The molecular formula is C24H28N2O3. The Kier molecular flexibility index (Phi) is 6.06. The van der Waals surface area contributed by atoms with Gasteiger partial charge in [0.25, 0.3) is 5.91 Å². The van der Waals surface area contributed by atoms with Crippen molar-refractivity contribution in [3.05, 3.63) is 70.9 Å². The highest BCUT2D eigenvalue weighted by Crippen LogP contribution is 2.29. The van der Waals surface area contributed by atoms with E-state index in [0.29, 0.717) is 23.6 Å². The van der Waals surface area contributed by atoms with Crippen molar-refractivity contribution < 1.29 is 14.1 Å². The molecule has 2 aromatic carbocycles. The fourth-order valence-corrected chi connectivity index (χ4v) is 3.16. The van der Waals surface area contributed by atoms with Crippen LogP contribution in [0.3, 0.4) is 0 Å². The number of amides is 1. The van der Waals surface area contributed by atoms with E-state index in [1.807, 2.05) is 36.4 Å². The Bertz CT molecular complexity index is 965. The first-order valence-electron chi connectivity index (χ1n) is 9.78. The van der Waals surface area contributed by atoms with Crippen molar-refractivity contribution in [1.82, 2.24) is 10.5 Å². The molecule has 0 saturated carbocycles. The fraction of sp³-hybridized carbons (Fsp3) is 0.333. The second kappa shape index (κ2) is 8.52. The van der Waals surface area contributed by atoms with Crippen molar-refractivity contribution in [2.75, 3.05) is 13.7 Å². The Morgan fingerprint density at radius 1 is 1.07 bits per heavy atom. The van der Waals surface area contributed by atoms with Crippen LogP contribution in [-0.2, 0) is 11.8 Å². The van der Waals surface area contributed by atoms with Gasteiger partial charge in [0.2, 0.25) is 0 Å². The molecule has 0 saturated heterocycles. The van der Waals surface area contributed by atoms with Crippen LogP contribution < -0.4 is 10.1 Å². The number of hydrogen-bond acceptors (Lipinski definition) is 4. The van der Waals surface area contributed by atoms with Crippen LogP contribution in [0.4, 0.5) is 0 Å². The van der Waals surface area contributed by atoms with Gasteiger partial charge in [-0.2, -0.15) is 0 Å². The van der Waals surface area contributed by atoms with Gasteiger partial charge < -0.3 is 14.6 Å². The number of ether oxygens (including phenoxy) is 1. The molecule has 152 valence electrons. The lowest BCUT2D eigenvalue weighted by Gasteiger charge is -2.18. The van der Waals surface area contributed by atoms with Gasteiger partial charge in [0.1, 0.15) is 11.3 Å². The van der Waals surface area contributed by atoms with Crippen molar-refractivity contribution in [3.63, 3.8) is 0 Å². The molecule has 1 heterocycles. The van der Waals surface area contributed by atoms with Crippen molar-refractivity contribution in [2.45, 2.75) is 39.5 Å². The predicted molar refractivity (Wildman–Crippen MR) is 114 cm³/mol. The highest BCUT2D eigenvalue weighted by atomic mass is 16.5. The average molecular weight is 392 g/mol. The van der Waals surface area contributed by atoms with Gasteiger partial charge in [-0.15, -0.1) is 0 Å². The maximum atomic E-state index is 12.8. The highest BCUT2D eigenvalue weighted by Gasteiger charge is 2.22. The number of methoxy groups -OCH3 is 1. The topological polar surface area (TPSA) is 64.4 Å². The van der Waals surface area contributed by atoms with Gasteiger partial charge in [-0.3, -0.25) is 4.79 Å². The van der Waals surface area contributed by atoms with Gasteiger partial charge in [0.15, 0.2) is 5.76 Å². The number of nitrogens with one attached hydrogen (secondary N) is 1. The Balaban J connectivity index is 1.70. The summed E-state index contributed by atoms with van der Waals surface area (Å²) in [7, 11) is 1.64. The van der Waals surface area contributed by atoms with E-state index in [9.17, 15) is 4.79 Å². The third-order valence-electron chi connectivity index (χ3n) is 4.96. The molecule has 5 nitrogen and oxygen atoms in total. The van der Waals surface area contributed by atoms with Crippen LogP contribution in [0.2, 0.25) is 0 Å². The summed E-state index contributed by atoms with van der Waals surface area (Å²) in [5, 5.41) is 7.00. The van der Waals surface area contributed by atoms with Crippen LogP contribution in [0.25, 0.3) is 11.3 Å². The lowest BCUT2D eigenvalue weighted by molar-refractivity contribution is 0.0954. The second-order valence-electron chi connectivity index (χ2n) is 8.15. The van der Waals surface area contributed by atoms with Crippen molar-refractivity contribution in [3.8, 4) is 17.1 Å². The third-order valence-corrected chi connectivity index (χ3v) is 4.96. The van der Waals surface area contributed by atoms with Gasteiger partial charge in [-0.05, 0) is 42.0 Å². The number of nitrogens with zero attached hydrogens (tertiary/aromatic N) is 1. The summed E-state index contributed by atoms with van der Waals surface area (Å²) in [6.07, 6.45) is 0.732. The normalized spacial score (nSPS) is 11.3. The number of hydrogen-bond donors (Lipinski definition) is 1. The van der Waals surface area contributed by atoms with Crippen LogP contribution in [0.5, 0.6) is 5.75 Å². The zero-order valence-electron chi connectivity index (χ0n) is 17.7. The Morgan fingerprint density at radius 2 is 1.72 bits per heavy atom. The lowest BCUT2D eigenvalue weighted by Crippen LogP contribution is -2.26. The maximum Gasteiger partial charge on any atom is 0.257 e. The molecule has 0 fully saturated rings. The average Bonchev–Trinajstić information content (AvgIpc) is 3.09. The summed E-state index contributed by atoms with van der Waals surface area (Å²) in [6, 6.07) is 15.9. The van der Waals surface area contributed by atoms with E-state index < -0.39 is 0 Å². The number of carbonyl (C=O) groups excluding carboxylic acids is 1. The Hall–Kier alpha value is -3.08. The summed E-state index contributed by atoms with van der Waals surface area (Å²) in [4.78, 5) is 12.8. The summed E-state index contributed by atoms with van der Waals surface area (Å²) in [5.41, 5.74) is 4.34. The summed E-state index contributed by atoms with van der Waals surface area (Å²) in [5.74, 6) is 1.15. The standard InChI is InChI=1S/C24H28N2O3/c1-16-21(23(27)25-15-14-17-6-12-20(28-5)13-7-17)22(29-26-16)18-8-10-19(11-9-18)24(2,3)4/h6-13H,14-15H2,1-5H3,(H,25,27). The van der Waals surface area contributed by atoms with E-state index in [2.05, 4.69) is 43.4 Å². The van der Waals surface area contributed by atoms with E-state index in [0.717, 1.165) is 23.3 Å². The molecule has 0 bridgehead atoms. The van der Waals surface area contributed by atoms with Crippen LogP contribution in [0.15, 0.2) is 53.1 Å². The minimum atomic E-state index is -0.174. The molecule has 1 amide bonds. The number of aromatic nitrogens is 1. The molecule has 0 atom stereocenters. The zero-order chi connectivity index (χ0) is 21.0. The first-order chi connectivity index (χ1) is 13.8. The predicted octanol–water partition coefficient (Wildman–Crippen LogP) is 4.93. The lowest BCUT2D eigenvalue weighted by atomic mass is 9.86. The van der Waals surface area contributed by atoms with E-state index in [1.54, 1.807) is 14.0 Å². The zero-order valence-corrected chi connectivity index (χ0v) is 17.7. The van der Waals surface area contributed by atoms with Crippen LogP contribution in [0.1, 0.15) is 48.0 Å². The molecule has 3 rings (SSSR count). The third kappa shape index (κ3) is 4.86. The highest BCUT2D eigenvalue weighted by molar-refractivity contribution is 6.00. The minimum absolute atomic E-state index is 0.0670.